The normalized spacial score (nSPS) is 25.5. The van der Waals surface area contributed by atoms with Gasteiger partial charge in [0.1, 0.15) is 5.60 Å². The zero-order valence-electron chi connectivity index (χ0n) is 17.0. The van der Waals surface area contributed by atoms with Crippen molar-refractivity contribution in [3.05, 3.63) is 0 Å². The van der Waals surface area contributed by atoms with Crippen LogP contribution >= 0.6 is 0 Å². The number of aliphatic hydroxyl groups is 1. The summed E-state index contributed by atoms with van der Waals surface area (Å²) < 4.78 is 5.43. The molecule has 2 aliphatic heterocycles. The van der Waals surface area contributed by atoms with E-state index in [4.69, 9.17) is 4.74 Å². The second kappa shape index (κ2) is 8.59. The lowest BCUT2D eigenvalue weighted by Crippen LogP contribution is -2.50. The van der Waals surface area contributed by atoms with E-state index < -0.39 is 5.60 Å². The lowest BCUT2D eigenvalue weighted by Gasteiger charge is -2.41. The van der Waals surface area contributed by atoms with Gasteiger partial charge in [0.2, 0.25) is 5.91 Å². The minimum absolute atomic E-state index is 0.133. The predicted molar refractivity (Wildman–Crippen MR) is 101 cm³/mol. The SMILES string of the molecule is CC(C)C1CC(O)CCN1C(=O)CC1CCN(C(=O)OC(C)(C)C)CC1. The summed E-state index contributed by atoms with van der Waals surface area (Å²) in [4.78, 5) is 28.7. The van der Waals surface area contributed by atoms with Crippen molar-refractivity contribution >= 4 is 12.0 Å². The van der Waals surface area contributed by atoms with Crippen LogP contribution < -0.4 is 0 Å². The highest BCUT2D eigenvalue weighted by atomic mass is 16.6. The van der Waals surface area contributed by atoms with Crippen LogP contribution in [0.15, 0.2) is 0 Å². The number of nitrogens with zero attached hydrogens (tertiary/aromatic N) is 2. The molecule has 0 aromatic heterocycles. The van der Waals surface area contributed by atoms with Gasteiger partial charge in [0, 0.05) is 32.1 Å². The number of rotatable bonds is 3. The minimum atomic E-state index is -0.478. The number of hydrogen-bond donors (Lipinski definition) is 1. The van der Waals surface area contributed by atoms with E-state index in [9.17, 15) is 14.7 Å². The fourth-order valence-corrected chi connectivity index (χ4v) is 3.93. The van der Waals surface area contributed by atoms with Gasteiger partial charge in [-0.25, -0.2) is 4.79 Å². The summed E-state index contributed by atoms with van der Waals surface area (Å²) in [7, 11) is 0. The Morgan fingerprint density at radius 1 is 1.12 bits per heavy atom. The summed E-state index contributed by atoms with van der Waals surface area (Å²) in [5, 5.41) is 9.92. The van der Waals surface area contributed by atoms with Crippen LogP contribution in [0.5, 0.6) is 0 Å². The molecular weight excluding hydrogens is 332 g/mol. The van der Waals surface area contributed by atoms with Crippen molar-refractivity contribution < 1.29 is 19.4 Å². The number of likely N-dealkylation sites (tertiary alicyclic amines) is 2. The van der Waals surface area contributed by atoms with Gasteiger partial charge in [0.05, 0.1) is 6.10 Å². The standard InChI is InChI=1S/C20H36N2O4/c1-14(2)17-13-16(23)8-11-22(17)18(24)12-15-6-9-21(10-7-15)19(25)26-20(3,4)5/h14-17,23H,6-13H2,1-5H3. The summed E-state index contributed by atoms with van der Waals surface area (Å²) in [6.45, 7) is 11.8. The Morgan fingerprint density at radius 3 is 2.27 bits per heavy atom. The number of ether oxygens (including phenoxy) is 1. The highest BCUT2D eigenvalue weighted by molar-refractivity contribution is 5.77. The molecule has 0 saturated carbocycles. The van der Waals surface area contributed by atoms with Crippen LogP contribution in [0.25, 0.3) is 0 Å². The first-order valence-corrected chi connectivity index (χ1v) is 10.0. The Bertz CT molecular complexity index is 493. The van der Waals surface area contributed by atoms with E-state index in [1.165, 1.54) is 0 Å². The molecular formula is C20H36N2O4. The number of carbonyl (C=O) groups excluding carboxylic acids is 2. The topological polar surface area (TPSA) is 70.1 Å². The van der Waals surface area contributed by atoms with Gasteiger partial charge in [-0.1, -0.05) is 13.8 Å². The van der Waals surface area contributed by atoms with Crippen LogP contribution in [-0.4, -0.2) is 64.3 Å². The summed E-state index contributed by atoms with van der Waals surface area (Å²) >= 11 is 0. The van der Waals surface area contributed by atoms with E-state index >= 15 is 0 Å². The second-order valence-electron chi connectivity index (χ2n) is 9.19. The third-order valence-corrected chi connectivity index (χ3v) is 5.44. The van der Waals surface area contributed by atoms with Crippen molar-refractivity contribution in [1.29, 1.82) is 0 Å². The molecule has 2 fully saturated rings. The fourth-order valence-electron chi connectivity index (χ4n) is 3.93. The van der Waals surface area contributed by atoms with Gasteiger partial charge in [-0.05, 0) is 58.3 Å². The van der Waals surface area contributed by atoms with E-state index in [1.54, 1.807) is 4.90 Å². The highest BCUT2D eigenvalue weighted by Crippen LogP contribution is 2.28. The molecule has 0 aromatic rings. The maximum atomic E-state index is 12.8. The molecule has 2 aliphatic rings. The van der Waals surface area contributed by atoms with Crippen LogP contribution in [0, 0.1) is 11.8 Å². The van der Waals surface area contributed by atoms with Crippen LogP contribution in [0.1, 0.15) is 66.7 Å². The number of piperidine rings is 2. The fraction of sp³-hybridized carbons (Fsp3) is 0.900. The predicted octanol–water partition coefficient (Wildman–Crippen LogP) is 3.03. The van der Waals surface area contributed by atoms with E-state index in [1.807, 2.05) is 25.7 Å². The van der Waals surface area contributed by atoms with Crippen molar-refractivity contribution in [3.63, 3.8) is 0 Å². The summed E-state index contributed by atoms with van der Waals surface area (Å²) in [6.07, 6.45) is 3.03. The molecule has 1 N–H and O–H groups in total. The van der Waals surface area contributed by atoms with Gasteiger partial charge in [0.25, 0.3) is 0 Å². The Kier molecular flexibility index (Phi) is 6.94. The number of amides is 2. The maximum Gasteiger partial charge on any atom is 0.410 e. The third kappa shape index (κ3) is 5.86. The molecule has 2 unspecified atom stereocenters. The summed E-state index contributed by atoms with van der Waals surface area (Å²) in [6, 6.07) is 0.133. The van der Waals surface area contributed by atoms with E-state index in [-0.39, 0.29) is 24.1 Å². The largest absolute Gasteiger partial charge is 0.444 e. The molecule has 150 valence electrons. The molecule has 26 heavy (non-hydrogen) atoms. The molecule has 0 aromatic carbocycles. The third-order valence-electron chi connectivity index (χ3n) is 5.44. The second-order valence-corrected chi connectivity index (χ2v) is 9.19. The molecule has 2 saturated heterocycles. The van der Waals surface area contributed by atoms with Gasteiger partial charge in [-0.15, -0.1) is 0 Å². The molecule has 0 bridgehead atoms. The van der Waals surface area contributed by atoms with E-state index in [0.29, 0.717) is 50.7 Å². The van der Waals surface area contributed by atoms with Gasteiger partial charge < -0.3 is 19.6 Å². The smallest absolute Gasteiger partial charge is 0.410 e. The maximum absolute atomic E-state index is 12.8. The van der Waals surface area contributed by atoms with Gasteiger partial charge in [-0.3, -0.25) is 4.79 Å². The first-order chi connectivity index (χ1) is 12.1. The van der Waals surface area contributed by atoms with E-state index in [2.05, 4.69) is 13.8 Å². The monoisotopic (exact) mass is 368 g/mol. The van der Waals surface area contributed by atoms with Crippen LogP contribution in [0.4, 0.5) is 4.79 Å². The van der Waals surface area contributed by atoms with Crippen molar-refractivity contribution in [2.75, 3.05) is 19.6 Å². The van der Waals surface area contributed by atoms with Crippen LogP contribution in [0.3, 0.4) is 0 Å². The van der Waals surface area contributed by atoms with Gasteiger partial charge in [0.15, 0.2) is 0 Å². The zero-order valence-corrected chi connectivity index (χ0v) is 17.0. The Balaban J connectivity index is 1.83. The molecule has 6 heteroatoms. The molecule has 2 heterocycles. The lowest BCUT2D eigenvalue weighted by atomic mass is 9.88. The number of hydrogen-bond acceptors (Lipinski definition) is 4. The number of carbonyl (C=O) groups is 2. The molecule has 2 rings (SSSR count). The average molecular weight is 369 g/mol. The van der Waals surface area contributed by atoms with Gasteiger partial charge in [-0.2, -0.15) is 0 Å². The van der Waals surface area contributed by atoms with Crippen LogP contribution in [0.2, 0.25) is 0 Å². The molecule has 0 radical (unpaired) electrons. The van der Waals surface area contributed by atoms with Crippen molar-refractivity contribution in [3.8, 4) is 0 Å². The highest BCUT2D eigenvalue weighted by Gasteiger charge is 2.34. The van der Waals surface area contributed by atoms with E-state index in [0.717, 1.165) is 12.8 Å². The first kappa shape index (κ1) is 21.0. The average Bonchev–Trinajstić information content (AvgIpc) is 2.53. The minimum Gasteiger partial charge on any atom is -0.444 e. The molecule has 0 spiro atoms. The van der Waals surface area contributed by atoms with Crippen molar-refractivity contribution in [2.24, 2.45) is 11.8 Å². The van der Waals surface area contributed by atoms with Crippen molar-refractivity contribution in [1.82, 2.24) is 9.80 Å². The Morgan fingerprint density at radius 2 is 1.73 bits per heavy atom. The Labute approximate surface area is 157 Å². The quantitative estimate of drug-likeness (QED) is 0.831. The Hall–Kier alpha value is -1.30. The summed E-state index contributed by atoms with van der Waals surface area (Å²) in [5.74, 6) is 0.870. The summed E-state index contributed by atoms with van der Waals surface area (Å²) in [5.41, 5.74) is -0.478. The van der Waals surface area contributed by atoms with Crippen LogP contribution in [-0.2, 0) is 9.53 Å². The lowest BCUT2D eigenvalue weighted by molar-refractivity contribution is -0.139. The molecule has 2 atom stereocenters. The first-order valence-electron chi connectivity index (χ1n) is 10.0. The zero-order chi connectivity index (χ0) is 19.5. The van der Waals surface area contributed by atoms with Gasteiger partial charge >= 0.3 is 6.09 Å². The molecule has 6 nitrogen and oxygen atoms in total. The number of aliphatic hydroxyl groups excluding tert-OH is 1. The molecule has 2 amide bonds. The van der Waals surface area contributed by atoms with Crippen molar-refractivity contribution in [2.45, 2.75) is 84.5 Å². The molecule has 0 aliphatic carbocycles.